The number of fused-ring (bicyclic) bond motifs is 1. The number of anilines is 1. The molecule has 0 amide bonds. The van der Waals surface area contributed by atoms with Crippen molar-refractivity contribution >= 4 is 26.5 Å². The van der Waals surface area contributed by atoms with Crippen LogP contribution in [0.4, 0.5) is 5.69 Å². The smallest absolute Gasteiger partial charge is 0.243 e. The van der Waals surface area contributed by atoms with E-state index in [1.54, 1.807) is 17.4 Å². The molecule has 3 rings (SSSR count). The van der Waals surface area contributed by atoms with Crippen molar-refractivity contribution in [1.82, 2.24) is 9.62 Å². The van der Waals surface area contributed by atoms with E-state index in [1.807, 2.05) is 24.3 Å². The second kappa shape index (κ2) is 7.94. The zero-order valence-electron chi connectivity index (χ0n) is 15.9. The Morgan fingerprint density at radius 2 is 1.62 bits per heavy atom. The van der Waals surface area contributed by atoms with Gasteiger partial charge in [0.05, 0.1) is 4.90 Å². The first kappa shape index (κ1) is 19.1. The maximum Gasteiger partial charge on any atom is 0.243 e. The molecule has 5 nitrogen and oxygen atoms in total. The molecule has 1 aliphatic rings. The Balaban J connectivity index is 2.08. The Labute approximate surface area is 157 Å². The third-order valence-electron chi connectivity index (χ3n) is 5.44. The highest BCUT2D eigenvalue weighted by molar-refractivity contribution is 7.89. The van der Waals surface area contributed by atoms with Crippen LogP contribution in [-0.2, 0) is 10.0 Å². The largest absolute Gasteiger partial charge is 0.372 e. The Morgan fingerprint density at radius 3 is 2.27 bits per heavy atom. The first-order valence-electron chi connectivity index (χ1n) is 9.46. The lowest BCUT2D eigenvalue weighted by Crippen LogP contribution is -2.43. The molecule has 1 fully saturated rings. The quantitative estimate of drug-likeness (QED) is 0.843. The fourth-order valence-electron chi connectivity index (χ4n) is 3.85. The lowest BCUT2D eigenvalue weighted by Gasteiger charge is -2.31. The van der Waals surface area contributed by atoms with Gasteiger partial charge in [0.15, 0.2) is 0 Å². The highest BCUT2D eigenvalue weighted by atomic mass is 32.2. The third-order valence-corrected chi connectivity index (χ3v) is 7.41. The molecule has 6 heteroatoms. The fraction of sp³-hybridized carbons (Fsp3) is 0.500. The van der Waals surface area contributed by atoms with E-state index in [1.165, 1.54) is 0 Å². The van der Waals surface area contributed by atoms with Gasteiger partial charge < -0.3 is 10.2 Å². The Hall–Kier alpha value is -1.63. The molecule has 1 heterocycles. The molecule has 2 aromatic carbocycles. The van der Waals surface area contributed by atoms with Crippen molar-refractivity contribution in [2.75, 3.05) is 38.1 Å². The molecule has 0 spiro atoms. The van der Waals surface area contributed by atoms with Crippen molar-refractivity contribution < 1.29 is 8.42 Å². The molecular formula is C20H29N3O2S. The molecule has 1 saturated heterocycles. The minimum atomic E-state index is -3.53. The predicted molar refractivity (Wildman–Crippen MR) is 108 cm³/mol. The molecule has 1 aliphatic heterocycles. The van der Waals surface area contributed by atoms with Gasteiger partial charge in [0, 0.05) is 42.6 Å². The number of piperidine rings is 1. The SMILES string of the molecule is CCN(CC)c1cccc2c(S(=O)(=O)N(C)C3CCNCC3)cccc12. The van der Waals surface area contributed by atoms with E-state index in [0.29, 0.717) is 4.90 Å². The fourth-order valence-corrected chi connectivity index (χ4v) is 5.47. The summed E-state index contributed by atoms with van der Waals surface area (Å²) in [4.78, 5) is 2.67. The van der Waals surface area contributed by atoms with Gasteiger partial charge in [0.1, 0.15) is 0 Å². The van der Waals surface area contributed by atoms with Crippen LogP contribution in [-0.4, -0.2) is 52.0 Å². The van der Waals surface area contributed by atoms with Crippen LogP contribution < -0.4 is 10.2 Å². The van der Waals surface area contributed by atoms with Gasteiger partial charge >= 0.3 is 0 Å². The number of benzene rings is 2. The van der Waals surface area contributed by atoms with Crippen LogP contribution in [0.1, 0.15) is 26.7 Å². The molecule has 0 aromatic heterocycles. The molecule has 26 heavy (non-hydrogen) atoms. The molecule has 0 radical (unpaired) electrons. The number of rotatable bonds is 6. The van der Waals surface area contributed by atoms with E-state index in [4.69, 9.17) is 0 Å². The topological polar surface area (TPSA) is 52.7 Å². The second-order valence-electron chi connectivity index (χ2n) is 6.80. The molecule has 0 aliphatic carbocycles. The molecule has 0 atom stereocenters. The van der Waals surface area contributed by atoms with Crippen molar-refractivity contribution in [3.63, 3.8) is 0 Å². The van der Waals surface area contributed by atoms with E-state index in [2.05, 4.69) is 30.1 Å². The monoisotopic (exact) mass is 375 g/mol. The molecule has 0 unspecified atom stereocenters. The summed E-state index contributed by atoms with van der Waals surface area (Å²) in [5, 5.41) is 5.10. The van der Waals surface area contributed by atoms with Gasteiger partial charge in [0.25, 0.3) is 0 Å². The molecule has 2 aromatic rings. The molecule has 142 valence electrons. The third kappa shape index (κ3) is 3.46. The van der Waals surface area contributed by atoms with E-state index in [-0.39, 0.29) is 6.04 Å². The van der Waals surface area contributed by atoms with E-state index < -0.39 is 10.0 Å². The van der Waals surface area contributed by atoms with Crippen molar-refractivity contribution in [2.24, 2.45) is 0 Å². The van der Waals surface area contributed by atoms with Crippen molar-refractivity contribution in [2.45, 2.75) is 37.6 Å². The zero-order valence-corrected chi connectivity index (χ0v) is 16.7. The van der Waals surface area contributed by atoms with Crippen LogP contribution in [0.2, 0.25) is 0 Å². The highest BCUT2D eigenvalue weighted by Crippen LogP contribution is 2.33. The first-order valence-corrected chi connectivity index (χ1v) is 10.9. The lowest BCUT2D eigenvalue weighted by atomic mass is 10.1. The molecule has 1 N–H and O–H groups in total. The van der Waals surface area contributed by atoms with Crippen LogP contribution in [0, 0.1) is 0 Å². The summed E-state index contributed by atoms with van der Waals surface area (Å²) < 4.78 is 28.3. The summed E-state index contributed by atoms with van der Waals surface area (Å²) in [6.07, 6.45) is 1.70. The summed E-state index contributed by atoms with van der Waals surface area (Å²) in [6.45, 7) is 7.75. The Kier molecular flexibility index (Phi) is 5.85. The summed E-state index contributed by atoms with van der Waals surface area (Å²) in [5.41, 5.74) is 1.09. The van der Waals surface area contributed by atoms with E-state index in [9.17, 15) is 8.42 Å². The standard InChI is InChI=1S/C20H29N3O2S/c1-4-23(5-2)19-10-6-9-18-17(19)8-7-11-20(18)26(24,25)22(3)16-12-14-21-15-13-16/h6-11,16,21H,4-5,12-15H2,1-3H3. The van der Waals surface area contributed by atoms with Crippen molar-refractivity contribution in [3.05, 3.63) is 36.4 Å². The number of hydrogen-bond donors (Lipinski definition) is 1. The van der Waals surface area contributed by atoms with Gasteiger partial charge in [-0.1, -0.05) is 24.3 Å². The first-order chi connectivity index (χ1) is 12.5. The maximum absolute atomic E-state index is 13.4. The minimum Gasteiger partial charge on any atom is -0.372 e. The summed E-state index contributed by atoms with van der Waals surface area (Å²) >= 11 is 0. The van der Waals surface area contributed by atoms with Crippen LogP contribution >= 0.6 is 0 Å². The normalized spacial score (nSPS) is 16.3. The summed E-state index contributed by atoms with van der Waals surface area (Å²) in [5.74, 6) is 0. The van der Waals surface area contributed by atoms with Crippen molar-refractivity contribution in [1.29, 1.82) is 0 Å². The Bertz CT molecular complexity index is 856. The summed E-state index contributed by atoms with van der Waals surface area (Å²) in [6, 6.07) is 11.6. The van der Waals surface area contributed by atoms with Gasteiger partial charge in [-0.05, 0) is 51.9 Å². The minimum absolute atomic E-state index is 0.0578. The molecule has 0 bridgehead atoms. The van der Waals surface area contributed by atoms with Crippen LogP contribution in [0.15, 0.2) is 41.3 Å². The van der Waals surface area contributed by atoms with E-state index in [0.717, 1.165) is 55.5 Å². The summed E-state index contributed by atoms with van der Waals surface area (Å²) in [7, 11) is -1.81. The second-order valence-corrected chi connectivity index (χ2v) is 8.77. The van der Waals surface area contributed by atoms with Crippen LogP contribution in [0.5, 0.6) is 0 Å². The number of hydrogen-bond acceptors (Lipinski definition) is 4. The van der Waals surface area contributed by atoms with Crippen molar-refractivity contribution in [3.8, 4) is 0 Å². The number of sulfonamides is 1. The maximum atomic E-state index is 13.4. The van der Waals surface area contributed by atoms with Gasteiger partial charge in [0.2, 0.25) is 10.0 Å². The van der Waals surface area contributed by atoms with Gasteiger partial charge in [-0.25, -0.2) is 8.42 Å². The van der Waals surface area contributed by atoms with Crippen LogP contribution in [0.3, 0.4) is 0 Å². The highest BCUT2D eigenvalue weighted by Gasteiger charge is 2.30. The number of nitrogens with one attached hydrogen (secondary N) is 1. The predicted octanol–water partition coefficient (Wildman–Crippen LogP) is 3.06. The lowest BCUT2D eigenvalue weighted by molar-refractivity contribution is 0.296. The average Bonchev–Trinajstić information content (AvgIpc) is 2.68. The van der Waals surface area contributed by atoms with Gasteiger partial charge in [-0.15, -0.1) is 0 Å². The zero-order chi connectivity index (χ0) is 18.7. The number of nitrogens with zero attached hydrogens (tertiary/aromatic N) is 2. The molecular weight excluding hydrogens is 346 g/mol. The Morgan fingerprint density at radius 1 is 1.00 bits per heavy atom. The van der Waals surface area contributed by atoms with Gasteiger partial charge in [-0.3, -0.25) is 0 Å². The van der Waals surface area contributed by atoms with Gasteiger partial charge in [-0.2, -0.15) is 4.31 Å². The van der Waals surface area contributed by atoms with E-state index >= 15 is 0 Å². The molecule has 0 saturated carbocycles. The van der Waals surface area contributed by atoms with Crippen LogP contribution in [0.25, 0.3) is 10.8 Å². The average molecular weight is 376 g/mol.